The van der Waals surface area contributed by atoms with Gasteiger partial charge in [0.1, 0.15) is 0 Å². The number of nitrogens with one attached hydrogen (secondary N) is 2. The number of hydrogen-bond donors (Lipinski definition) is 4. The van der Waals surface area contributed by atoms with Crippen molar-refractivity contribution in [3.05, 3.63) is 65.5 Å². The van der Waals surface area contributed by atoms with E-state index in [4.69, 9.17) is 10.9 Å². The van der Waals surface area contributed by atoms with Crippen LogP contribution in [0.5, 0.6) is 0 Å². The summed E-state index contributed by atoms with van der Waals surface area (Å²) in [5.41, 5.74) is 2.68. The molecule has 1 atom stereocenters. The molecule has 0 radical (unpaired) electrons. The Hall–Kier alpha value is -3.26. The lowest BCUT2D eigenvalue weighted by Crippen LogP contribution is -2.42. The van der Waals surface area contributed by atoms with Gasteiger partial charge in [-0.3, -0.25) is 20.0 Å². The van der Waals surface area contributed by atoms with Crippen LogP contribution >= 0.6 is 0 Å². The van der Waals surface area contributed by atoms with Crippen LogP contribution in [0.2, 0.25) is 0 Å². The number of benzene rings is 1. The van der Waals surface area contributed by atoms with Crippen LogP contribution in [-0.2, 0) is 16.1 Å². The quantitative estimate of drug-likeness (QED) is 0.258. The van der Waals surface area contributed by atoms with Gasteiger partial charge in [-0.25, -0.2) is 10.6 Å². The van der Waals surface area contributed by atoms with E-state index in [-0.39, 0.29) is 17.8 Å². The van der Waals surface area contributed by atoms with Crippen LogP contribution in [0.3, 0.4) is 0 Å². The first-order valence-corrected chi connectivity index (χ1v) is 7.04. The lowest BCUT2D eigenvalue weighted by atomic mass is 10.0. The van der Waals surface area contributed by atoms with Gasteiger partial charge in [0, 0.05) is 12.7 Å². The van der Waals surface area contributed by atoms with Crippen LogP contribution < -0.4 is 16.6 Å². The number of nitrogens with two attached hydrogens (primary N) is 1. The molecular weight excluding hydrogens is 312 g/mol. The maximum Gasteiger partial charge on any atom is 0.335 e. The van der Waals surface area contributed by atoms with Crippen molar-refractivity contribution in [3.8, 4) is 0 Å². The molecule has 0 bridgehead atoms. The molecule has 0 aliphatic carbocycles. The van der Waals surface area contributed by atoms with E-state index in [1.807, 2.05) is 35.8 Å². The minimum Gasteiger partial charge on any atom is -0.478 e. The van der Waals surface area contributed by atoms with E-state index < -0.39 is 23.7 Å². The second-order valence-corrected chi connectivity index (χ2v) is 4.92. The van der Waals surface area contributed by atoms with E-state index in [1.165, 1.54) is 18.3 Å². The first-order valence-electron chi connectivity index (χ1n) is 7.04. The Kier molecular flexibility index (Phi) is 5.58. The second-order valence-electron chi connectivity index (χ2n) is 4.92. The summed E-state index contributed by atoms with van der Waals surface area (Å²) in [7, 11) is 0. The first-order chi connectivity index (χ1) is 11.5. The number of carboxylic acid groups (broad SMARTS) is 1. The monoisotopic (exact) mass is 328 g/mol. The Morgan fingerprint density at radius 2 is 1.83 bits per heavy atom. The molecule has 24 heavy (non-hydrogen) atoms. The summed E-state index contributed by atoms with van der Waals surface area (Å²) in [6.07, 6.45) is 1.22. The van der Waals surface area contributed by atoms with Gasteiger partial charge in [0.05, 0.1) is 11.3 Å². The van der Waals surface area contributed by atoms with Crippen molar-refractivity contribution in [1.82, 2.24) is 15.7 Å². The number of amides is 2. The maximum absolute atomic E-state index is 12.4. The smallest absolute Gasteiger partial charge is 0.335 e. The Labute approximate surface area is 137 Å². The Balaban J connectivity index is 2.21. The predicted molar refractivity (Wildman–Crippen MR) is 84.6 cm³/mol. The third-order valence-electron chi connectivity index (χ3n) is 3.30. The molecule has 0 saturated carbocycles. The number of aromatic nitrogens is 1. The lowest BCUT2D eigenvalue weighted by Gasteiger charge is -2.15. The van der Waals surface area contributed by atoms with E-state index in [2.05, 4.69) is 10.3 Å². The molecule has 0 aliphatic heterocycles. The van der Waals surface area contributed by atoms with E-state index in [1.54, 1.807) is 0 Å². The minimum absolute atomic E-state index is 0.00316. The molecule has 0 aliphatic rings. The SMILES string of the molecule is NNC(=O)C(C(=O)NCc1ccccc1)c1cc(C(=O)O)ccn1. The average Bonchev–Trinajstić information content (AvgIpc) is 2.61. The van der Waals surface area contributed by atoms with Gasteiger partial charge < -0.3 is 10.4 Å². The van der Waals surface area contributed by atoms with Crippen LogP contribution in [0.4, 0.5) is 0 Å². The van der Waals surface area contributed by atoms with Crippen molar-refractivity contribution in [2.24, 2.45) is 5.84 Å². The van der Waals surface area contributed by atoms with E-state index in [0.29, 0.717) is 0 Å². The normalized spacial score (nSPS) is 11.4. The largest absolute Gasteiger partial charge is 0.478 e. The van der Waals surface area contributed by atoms with Gasteiger partial charge in [0.2, 0.25) is 5.91 Å². The zero-order valence-electron chi connectivity index (χ0n) is 12.6. The molecule has 1 unspecified atom stereocenters. The van der Waals surface area contributed by atoms with Crippen molar-refractivity contribution >= 4 is 17.8 Å². The number of hydrazine groups is 1. The number of carboxylic acids is 1. The van der Waals surface area contributed by atoms with Gasteiger partial charge in [-0.1, -0.05) is 30.3 Å². The molecule has 0 spiro atoms. The number of aromatic carboxylic acids is 1. The van der Waals surface area contributed by atoms with Gasteiger partial charge >= 0.3 is 5.97 Å². The van der Waals surface area contributed by atoms with Crippen molar-refractivity contribution in [1.29, 1.82) is 0 Å². The van der Waals surface area contributed by atoms with E-state index in [0.717, 1.165) is 5.56 Å². The Bertz CT molecular complexity index is 749. The fourth-order valence-corrected chi connectivity index (χ4v) is 2.10. The van der Waals surface area contributed by atoms with E-state index >= 15 is 0 Å². The fourth-order valence-electron chi connectivity index (χ4n) is 2.10. The molecule has 2 amide bonds. The number of carbonyl (C=O) groups is 3. The Morgan fingerprint density at radius 1 is 1.12 bits per heavy atom. The number of carbonyl (C=O) groups excluding carboxylic acids is 2. The molecular formula is C16H16N4O4. The van der Waals surface area contributed by atoms with Gasteiger partial charge in [0.15, 0.2) is 5.92 Å². The minimum atomic E-state index is -1.35. The van der Waals surface area contributed by atoms with Crippen molar-refractivity contribution in [2.75, 3.05) is 0 Å². The Morgan fingerprint density at radius 3 is 2.46 bits per heavy atom. The molecule has 8 nitrogen and oxygen atoms in total. The number of nitrogens with zero attached hydrogens (tertiary/aromatic N) is 1. The molecule has 1 aromatic heterocycles. The predicted octanol–water partition coefficient (Wildman–Crippen LogP) is 0.170. The molecule has 124 valence electrons. The fraction of sp³-hybridized carbons (Fsp3) is 0.125. The molecule has 2 rings (SSSR count). The van der Waals surface area contributed by atoms with E-state index in [9.17, 15) is 14.4 Å². The summed E-state index contributed by atoms with van der Waals surface area (Å²) in [6.45, 7) is 0.215. The molecule has 5 N–H and O–H groups in total. The first kappa shape index (κ1) is 17.1. The van der Waals surface area contributed by atoms with Crippen molar-refractivity contribution < 1.29 is 19.5 Å². The molecule has 0 saturated heterocycles. The zero-order chi connectivity index (χ0) is 17.5. The van der Waals surface area contributed by atoms with Crippen LogP contribution in [0, 0.1) is 0 Å². The van der Waals surface area contributed by atoms with Gasteiger partial charge in [0.25, 0.3) is 5.91 Å². The third kappa shape index (κ3) is 4.14. The van der Waals surface area contributed by atoms with Crippen LogP contribution in [0.15, 0.2) is 48.7 Å². The number of hydrogen-bond acceptors (Lipinski definition) is 5. The average molecular weight is 328 g/mol. The second kappa shape index (κ2) is 7.84. The van der Waals surface area contributed by atoms with Gasteiger partial charge in [-0.05, 0) is 17.7 Å². The molecule has 1 aromatic carbocycles. The standard InChI is InChI=1S/C16H16N4O4/c17-20-15(22)13(12-8-11(16(23)24)6-7-18-12)14(21)19-9-10-4-2-1-3-5-10/h1-8,13H,9,17H2,(H,19,21)(H,20,22)(H,23,24). The highest BCUT2D eigenvalue weighted by molar-refractivity contribution is 6.05. The summed E-state index contributed by atoms with van der Waals surface area (Å²) >= 11 is 0. The molecule has 1 heterocycles. The third-order valence-corrected chi connectivity index (χ3v) is 3.30. The topological polar surface area (TPSA) is 134 Å². The van der Waals surface area contributed by atoms with Gasteiger partial charge in [-0.15, -0.1) is 0 Å². The van der Waals surface area contributed by atoms with Crippen LogP contribution in [-0.4, -0.2) is 27.9 Å². The summed E-state index contributed by atoms with van der Waals surface area (Å²) in [4.78, 5) is 39.3. The molecule has 8 heteroatoms. The van der Waals surface area contributed by atoms with Crippen molar-refractivity contribution in [2.45, 2.75) is 12.5 Å². The highest BCUT2D eigenvalue weighted by atomic mass is 16.4. The molecule has 0 fully saturated rings. The highest BCUT2D eigenvalue weighted by Gasteiger charge is 2.29. The summed E-state index contributed by atoms with van der Waals surface area (Å²) in [5, 5.41) is 11.6. The highest BCUT2D eigenvalue weighted by Crippen LogP contribution is 2.16. The molecule has 2 aromatic rings. The zero-order valence-corrected chi connectivity index (χ0v) is 12.6. The van der Waals surface area contributed by atoms with Crippen LogP contribution in [0.1, 0.15) is 27.5 Å². The summed E-state index contributed by atoms with van der Waals surface area (Å²) in [6, 6.07) is 11.6. The maximum atomic E-state index is 12.4. The van der Waals surface area contributed by atoms with Crippen LogP contribution in [0.25, 0.3) is 0 Å². The number of pyridine rings is 1. The summed E-state index contributed by atoms with van der Waals surface area (Å²) < 4.78 is 0. The number of rotatable bonds is 6. The summed E-state index contributed by atoms with van der Waals surface area (Å²) in [5.74, 6) is 1.19. The lowest BCUT2D eigenvalue weighted by molar-refractivity contribution is -0.131. The van der Waals surface area contributed by atoms with Gasteiger partial charge in [-0.2, -0.15) is 0 Å². The van der Waals surface area contributed by atoms with Crippen molar-refractivity contribution in [3.63, 3.8) is 0 Å².